The Balaban J connectivity index is 1.42. The van der Waals surface area contributed by atoms with Gasteiger partial charge in [-0.3, -0.25) is 9.20 Å². The summed E-state index contributed by atoms with van der Waals surface area (Å²) in [7, 11) is 0. The molecule has 2 N–H and O–H groups in total. The molecule has 0 radical (unpaired) electrons. The molecule has 0 saturated carbocycles. The molecule has 0 atom stereocenters. The Hall–Kier alpha value is -3.34. The van der Waals surface area contributed by atoms with Crippen LogP contribution >= 0.6 is 0 Å². The largest absolute Gasteiger partial charge is 0.383 e. The molecule has 2 aromatic heterocycles. The molecule has 0 unspecified atom stereocenters. The van der Waals surface area contributed by atoms with Crippen molar-refractivity contribution in [1.82, 2.24) is 14.7 Å². The highest BCUT2D eigenvalue weighted by atomic mass is 16.1. The molecule has 4 aromatic rings. The van der Waals surface area contributed by atoms with Crippen molar-refractivity contribution in [3.8, 4) is 0 Å². The average molecular weight is 358 g/mol. The summed E-state index contributed by atoms with van der Waals surface area (Å²) in [6.45, 7) is 5.06. The van der Waals surface area contributed by atoms with E-state index in [0.717, 1.165) is 22.6 Å². The second kappa shape index (κ2) is 7.11. The van der Waals surface area contributed by atoms with Gasteiger partial charge in [0.1, 0.15) is 11.3 Å². The third-order valence-electron chi connectivity index (χ3n) is 4.69. The molecule has 1 amide bonds. The normalized spacial score (nSPS) is 11.0. The van der Waals surface area contributed by atoms with Gasteiger partial charge in [0.05, 0.1) is 5.69 Å². The van der Waals surface area contributed by atoms with E-state index in [4.69, 9.17) is 0 Å². The molecular weight excluding hydrogens is 336 g/mol. The third-order valence-corrected chi connectivity index (χ3v) is 4.69. The Morgan fingerprint density at radius 3 is 2.74 bits per heavy atom. The van der Waals surface area contributed by atoms with Gasteiger partial charge in [0.2, 0.25) is 0 Å². The molecule has 5 heteroatoms. The summed E-state index contributed by atoms with van der Waals surface area (Å²) in [5.41, 5.74) is 4.32. The van der Waals surface area contributed by atoms with Crippen molar-refractivity contribution >= 4 is 28.0 Å². The van der Waals surface area contributed by atoms with Crippen molar-refractivity contribution in [2.24, 2.45) is 0 Å². The smallest absolute Gasteiger partial charge is 0.270 e. The van der Waals surface area contributed by atoms with Crippen LogP contribution in [0.3, 0.4) is 0 Å². The molecule has 27 heavy (non-hydrogen) atoms. The molecule has 5 nitrogen and oxygen atoms in total. The fourth-order valence-corrected chi connectivity index (χ4v) is 3.37. The van der Waals surface area contributed by atoms with Crippen LogP contribution in [0.25, 0.3) is 16.4 Å². The summed E-state index contributed by atoms with van der Waals surface area (Å²) in [5, 5.41) is 8.78. The fraction of sp³-hybridized carbons (Fsp3) is 0.182. The van der Waals surface area contributed by atoms with Gasteiger partial charge < -0.3 is 10.6 Å². The lowest BCUT2D eigenvalue weighted by atomic mass is 10.1. The highest BCUT2D eigenvalue weighted by Crippen LogP contribution is 2.22. The monoisotopic (exact) mass is 358 g/mol. The van der Waals surface area contributed by atoms with Crippen molar-refractivity contribution in [2.45, 2.75) is 13.8 Å². The summed E-state index contributed by atoms with van der Waals surface area (Å²) in [6.07, 6.45) is 1.90. The summed E-state index contributed by atoms with van der Waals surface area (Å²) in [5.74, 6) is -0.108. The quantitative estimate of drug-likeness (QED) is 0.531. The Bertz CT molecular complexity index is 1120. The van der Waals surface area contributed by atoms with E-state index >= 15 is 0 Å². The number of hydrogen-bond donors (Lipinski definition) is 2. The number of rotatable bonds is 5. The van der Waals surface area contributed by atoms with E-state index < -0.39 is 0 Å². The van der Waals surface area contributed by atoms with E-state index in [2.05, 4.69) is 39.9 Å². The number of amides is 1. The van der Waals surface area contributed by atoms with Crippen molar-refractivity contribution in [3.05, 3.63) is 77.7 Å². The molecule has 0 aliphatic rings. The number of nitrogens with zero attached hydrogens (tertiary/aromatic N) is 2. The highest BCUT2D eigenvalue weighted by Gasteiger charge is 2.16. The Labute approximate surface area is 158 Å². The first kappa shape index (κ1) is 17.1. The van der Waals surface area contributed by atoms with E-state index in [1.165, 1.54) is 10.8 Å². The summed E-state index contributed by atoms with van der Waals surface area (Å²) in [6, 6.07) is 18.4. The van der Waals surface area contributed by atoms with Crippen molar-refractivity contribution in [3.63, 3.8) is 0 Å². The van der Waals surface area contributed by atoms with Crippen LogP contribution in [0.15, 0.2) is 60.8 Å². The Morgan fingerprint density at radius 2 is 1.85 bits per heavy atom. The number of carbonyl (C=O) groups is 1. The first-order valence-corrected chi connectivity index (χ1v) is 9.08. The van der Waals surface area contributed by atoms with Gasteiger partial charge in [0.25, 0.3) is 5.91 Å². The second-order valence-corrected chi connectivity index (χ2v) is 6.69. The molecule has 0 aliphatic heterocycles. The standard InChI is InChI=1S/C22H22N4O/c1-15-10-13-26-20(14-15)25-16(2)21(26)22(27)24-12-11-23-19-9-5-7-17-6-3-4-8-18(17)19/h3-10,13-14,23H,11-12H2,1-2H3,(H,24,27). The SMILES string of the molecule is Cc1ccn2c(C(=O)NCCNc3cccc4ccccc34)c(C)nc2c1. The lowest BCUT2D eigenvalue weighted by Crippen LogP contribution is -2.30. The number of nitrogens with one attached hydrogen (secondary N) is 2. The molecule has 2 aromatic carbocycles. The topological polar surface area (TPSA) is 58.4 Å². The predicted molar refractivity (Wildman–Crippen MR) is 109 cm³/mol. The van der Waals surface area contributed by atoms with E-state index in [0.29, 0.717) is 18.8 Å². The van der Waals surface area contributed by atoms with Crippen LogP contribution < -0.4 is 10.6 Å². The summed E-state index contributed by atoms with van der Waals surface area (Å²) in [4.78, 5) is 17.1. The lowest BCUT2D eigenvalue weighted by Gasteiger charge is -2.11. The maximum atomic E-state index is 12.6. The maximum absolute atomic E-state index is 12.6. The Morgan fingerprint density at radius 1 is 1.04 bits per heavy atom. The number of pyridine rings is 1. The van der Waals surface area contributed by atoms with Gasteiger partial charge in [-0.15, -0.1) is 0 Å². The van der Waals surface area contributed by atoms with Crippen LogP contribution in [0.4, 0.5) is 5.69 Å². The fourth-order valence-electron chi connectivity index (χ4n) is 3.37. The van der Waals surface area contributed by atoms with Crippen molar-refractivity contribution in [2.75, 3.05) is 18.4 Å². The molecule has 0 saturated heterocycles. The minimum absolute atomic E-state index is 0.108. The van der Waals surface area contributed by atoms with Gasteiger partial charge in [0.15, 0.2) is 0 Å². The minimum Gasteiger partial charge on any atom is -0.383 e. The van der Waals surface area contributed by atoms with E-state index in [1.807, 2.05) is 54.8 Å². The summed E-state index contributed by atoms with van der Waals surface area (Å²) >= 11 is 0. The molecule has 2 heterocycles. The predicted octanol–water partition coefficient (Wildman–Crippen LogP) is 3.95. The number of imidazole rings is 1. The number of hydrogen-bond acceptors (Lipinski definition) is 3. The second-order valence-electron chi connectivity index (χ2n) is 6.69. The Kier molecular flexibility index (Phi) is 4.50. The van der Waals surface area contributed by atoms with E-state index in [-0.39, 0.29) is 5.91 Å². The zero-order chi connectivity index (χ0) is 18.8. The number of aryl methyl sites for hydroxylation is 2. The summed E-state index contributed by atoms with van der Waals surface area (Å²) < 4.78 is 1.84. The van der Waals surface area contributed by atoms with Gasteiger partial charge in [-0.1, -0.05) is 36.4 Å². The first-order chi connectivity index (χ1) is 13.1. The third kappa shape index (κ3) is 3.36. The van der Waals surface area contributed by atoms with Crippen LogP contribution in [0, 0.1) is 13.8 Å². The molecule has 0 spiro atoms. The van der Waals surface area contributed by atoms with Crippen LogP contribution in [0.5, 0.6) is 0 Å². The van der Waals surface area contributed by atoms with Gasteiger partial charge >= 0.3 is 0 Å². The van der Waals surface area contributed by atoms with Crippen LogP contribution in [-0.4, -0.2) is 28.4 Å². The maximum Gasteiger partial charge on any atom is 0.270 e. The van der Waals surface area contributed by atoms with Crippen LogP contribution in [0.1, 0.15) is 21.7 Å². The van der Waals surface area contributed by atoms with Crippen LogP contribution in [-0.2, 0) is 0 Å². The first-order valence-electron chi connectivity index (χ1n) is 9.08. The average Bonchev–Trinajstić information content (AvgIpc) is 3.00. The zero-order valence-electron chi connectivity index (χ0n) is 15.5. The number of benzene rings is 2. The molecule has 0 bridgehead atoms. The molecular formula is C22H22N4O. The van der Waals surface area contributed by atoms with Gasteiger partial charge in [0, 0.05) is 30.4 Å². The van der Waals surface area contributed by atoms with E-state index in [1.54, 1.807) is 0 Å². The van der Waals surface area contributed by atoms with Gasteiger partial charge in [-0.2, -0.15) is 0 Å². The zero-order valence-corrected chi connectivity index (χ0v) is 15.5. The van der Waals surface area contributed by atoms with E-state index in [9.17, 15) is 4.79 Å². The van der Waals surface area contributed by atoms with Gasteiger partial charge in [-0.25, -0.2) is 4.98 Å². The number of anilines is 1. The minimum atomic E-state index is -0.108. The highest BCUT2D eigenvalue weighted by molar-refractivity contribution is 5.95. The molecule has 0 fully saturated rings. The molecule has 0 aliphatic carbocycles. The molecule has 4 rings (SSSR count). The van der Waals surface area contributed by atoms with Crippen LogP contribution in [0.2, 0.25) is 0 Å². The van der Waals surface area contributed by atoms with Gasteiger partial charge in [-0.05, 0) is 43.0 Å². The number of aromatic nitrogens is 2. The van der Waals surface area contributed by atoms with Crippen molar-refractivity contribution in [1.29, 1.82) is 0 Å². The van der Waals surface area contributed by atoms with Crippen molar-refractivity contribution < 1.29 is 4.79 Å². The number of fused-ring (bicyclic) bond motifs is 2. The molecule has 136 valence electrons. The lowest BCUT2D eigenvalue weighted by molar-refractivity contribution is 0.0948. The number of carbonyl (C=O) groups excluding carboxylic acids is 1.